The van der Waals surface area contributed by atoms with Gasteiger partial charge in [0, 0.05) is 11.1 Å². The van der Waals surface area contributed by atoms with Crippen LogP contribution in [-0.2, 0) is 0 Å². The number of nitrogen functional groups attached to an aromatic ring is 1. The topological polar surface area (TPSA) is 54.7 Å². The zero-order valence-electron chi connectivity index (χ0n) is 7.25. The molecule has 0 spiro atoms. The van der Waals surface area contributed by atoms with Gasteiger partial charge in [0.2, 0.25) is 0 Å². The summed E-state index contributed by atoms with van der Waals surface area (Å²) >= 11 is 0. The molecule has 1 heterocycles. The molecule has 66 valence electrons. The summed E-state index contributed by atoms with van der Waals surface area (Å²) in [4.78, 5) is 0. The highest BCUT2D eigenvalue weighted by atomic mass is 15.1. The Hall–Kier alpha value is -1.51. The van der Waals surface area contributed by atoms with E-state index >= 15 is 0 Å². The molecule has 3 heteroatoms. The molecular formula is C10H11N3. The summed E-state index contributed by atoms with van der Waals surface area (Å²) in [6, 6.07) is 3.96. The van der Waals surface area contributed by atoms with Crippen LogP contribution in [0, 0.1) is 0 Å². The SMILES string of the molecule is Nc1ccc2[nH]ncc2c1C1CC1. The second-order valence-corrected chi connectivity index (χ2v) is 3.67. The van der Waals surface area contributed by atoms with Gasteiger partial charge in [0.1, 0.15) is 0 Å². The summed E-state index contributed by atoms with van der Waals surface area (Å²) in [5, 5.41) is 8.19. The molecule has 0 bridgehead atoms. The van der Waals surface area contributed by atoms with E-state index in [2.05, 4.69) is 10.2 Å². The molecule has 1 aliphatic rings. The predicted octanol–water partition coefficient (Wildman–Crippen LogP) is 2.02. The number of rotatable bonds is 1. The van der Waals surface area contributed by atoms with Gasteiger partial charge >= 0.3 is 0 Å². The van der Waals surface area contributed by atoms with Crippen molar-refractivity contribution in [3.8, 4) is 0 Å². The van der Waals surface area contributed by atoms with Gasteiger partial charge in [-0.3, -0.25) is 5.10 Å². The Balaban J connectivity index is 2.36. The van der Waals surface area contributed by atoms with E-state index in [4.69, 9.17) is 5.73 Å². The number of fused-ring (bicyclic) bond motifs is 1. The summed E-state index contributed by atoms with van der Waals surface area (Å²) < 4.78 is 0. The molecule has 0 unspecified atom stereocenters. The van der Waals surface area contributed by atoms with Crippen molar-refractivity contribution in [2.75, 3.05) is 5.73 Å². The van der Waals surface area contributed by atoms with Gasteiger partial charge in [0.25, 0.3) is 0 Å². The van der Waals surface area contributed by atoms with Crippen molar-refractivity contribution < 1.29 is 0 Å². The van der Waals surface area contributed by atoms with Crippen LogP contribution in [0.15, 0.2) is 18.3 Å². The lowest BCUT2D eigenvalue weighted by Gasteiger charge is -2.04. The maximum absolute atomic E-state index is 5.95. The molecule has 13 heavy (non-hydrogen) atoms. The quantitative estimate of drug-likeness (QED) is 0.648. The molecule has 2 aromatic rings. The fourth-order valence-electron chi connectivity index (χ4n) is 1.88. The van der Waals surface area contributed by atoms with Crippen molar-refractivity contribution >= 4 is 16.6 Å². The Bertz CT molecular complexity index is 454. The van der Waals surface area contributed by atoms with Gasteiger partial charge in [-0.05, 0) is 36.5 Å². The van der Waals surface area contributed by atoms with Crippen LogP contribution in [0.4, 0.5) is 5.69 Å². The van der Waals surface area contributed by atoms with Gasteiger partial charge in [-0.15, -0.1) is 0 Å². The third-order valence-electron chi connectivity index (χ3n) is 2.69. The van der Waals surface area contributed by atoms with E-state index < -0.39 is 0 Å². The minimum absolute atomic E-state index is 0.682. The summed E-state index contributed by atoms with van der Waals surface area (Å²) in [6.07, 6.45) is 4.42. The maximum Gasteiger partial charge on any atom is 0.0654 e. The summed E-state index contributed by atoms with van der Waals surface area (Å²) in [5.41, 5.74) is 9.25. The minimum Gasteiger partial charge on any atom is -0.398 e. The monoisotopic (exact) mass is 173 g/mol. The lowest BCUT2D eigenvalue weighted by Crippen LogP contribution is -1.92. The highest BCUT2D eigenvalue weighted by molar-refractivity contribution is 5.87. The van der Waals surface area contributed by atoms with E-state index in [1.165, 1.54) is 23.8 Å². The first-order valence-electron chi connectivity index (χ1n) is 4.58. The molecule has 0 saturated heterocycles. The first-order chi connectivity index (χ1) is 6.36. The normalized spacial score (nSPS) is 16.6. The molecule has 1 fully saturated rings. The molecular weight excluding hydrogens is 162 g/mol. The summed E-state index contributed by atoms with van der Waals surface area (Å²) in [5.74, 6) is 0.682. The molecule has 1 aromatic heterocycles. The Morgan fingerprint density at radius 3 is 3.00 bits per heavy atom. The Morgan fingerprint density at radius 2 is 2.23 bits per heavy atom. The fourth-order valence-corrected chi connectivity index (χ4v) is 1.88. The van der Waals surface area contributed by atoms with Crippen LogP contribution >= 0.6 is 0 Å². The minimum atomic E-state index is 0.682. The third-order valence-corrected chi connectivity index (χ3v) is 2.69. The van der Waals surface area contributed by atoms with Crippen molar-refractivity contribution in [2.45, 2.75) is 18.8 Å². The average molecular weight is 173 g/mol. The number of hydrogen-bond acceptors (Lipinski definition) is 2. The van der Waals surface area contributed by atoms with E-state index in [9.17, 15) is 0 Å². The number of aromatic nitrogens is 2. The molecule has 1 aromatic carbocycles. The number of hydrogen-bond donors (Lipinski definition) is 2. The number of nitrogens with zero attached hydrogens (tertiary/aromatic N) is 1. The van der Waals surface area contributed by atoms with E-state index in [-0.39, 0.29) is 0 Å². The maximum atomic E-state index is 5.95. The third kappa shape index (κ3) is 0.932. The fraction of sp³-hybridized carbons (Fsp3) is 0.300. The van der Waals surface area contributed by atoms with Crippen LogP contribution in [0.25, 0.3) is 10.9 Å². The number of nitrogens with two attached hydrogens (primary N) is 1. The predicted molar refractivity (Wildman–Crippen MR) is 52.5 cm³/mol. The number of anilines is 1. The first kappa shape index (κ1) is 6.95. The van der Waals surface area contributed by atoms with Crippen LogP contribution in [0.1, 0.15) is 24.3 Å². The van der Waals surface area contributed by atoms with Crippen LogP contribution in [0.3, 0.4) is 0 Å². The van der Waals surface area contributed by atoms with E-state index in [0.717, 1.165) is 11.2 Å². The molecule has 3 nitrogen and oxygen atoms in total. The summed E-state index contributed by atoms with van der Waals surface area (Å²) in [6.45, 7) is 0. The highest BCUT2D eigenvalue weighted by Gasteiger charge is 2.27. The molecule has 1 saturated carbocycles. The smallest absolute Gasteiger partial charge is 0.0654 e. The highest BCUT2D eigenvalue weighted by Crippen LogP contribution is 2.45. The van der Waals surface area contributed by atoms with Crippen LogP contribution in [0.2, 0.25) is 0 Å². The first-order valence-corrected chi connectivity index (χ1v) is 4.58. The van der Waals surface area contributed by atoms with Gasteiger partial charge in [-0.1, -0.05) is 0 Å². The van der Waals surface area contributed by atoms with Crippen molar-refractivity contribution in [1.29, 1.82) is 0 Å². The van der Waals surface area contributed by atoms with E-state index in [1.807, 2.05) is 18.3 Å². The Kier molecular flexibility index (Phi) is 1.20. The Labute approximate surface area is 75.9 Å². The Morgan fingerprint density at radius 1 is 1.38 bits per heavy atom. The molecule has 3 N–H and O–H groups in total. The zero-order chi connectivity index (χ0) is 8.84. The zero-order valence-corrected chi connectivity index (χ0v) is 7.25. The lowest BCUT2D eigenvalue weighted by atomic mass is 10.0. The van der Waals surface area contributed by atoms with Gasteiger partial charge in [0.05, 0.1) is 11.7 Å². The number of nitrogens with one attached hydrogen (secondary N) is 1. The van der Waals surface area contributed by atoms with Crippen LogP contribution < -0.4 is 5.73 Å². The molecule has 0 radical (unpaired) electrons. The molecule has 3 rings (SSSR count). The van der Waals surface area contributed by atoms with Crippen molar-refractivity contribution in [3.63, 3.8) is 0 Å². The average Bonchev–Trinajstić information content (AvgIpc) is 2.82. The van der Waals surface area contributed by atoms with Gasteiger partial charge in [-0.2, -0.15) is 5.10 Å². The number of benzene rings is 1. The molecule has 1 aliphatic carbocycles. The van der Waals surface area contributed by atoms with Crippen LogP contribution in [-0.4, -0.2) is 10.2 Å². The van der Waals surface area contributed by atoms with Gasteiger partial charge in [0.15, 0.2) is 0 Å². The largest absolute Gasteiger partial charge is 0.398 e. The standard InChI is InChI=1S/C10H11N3/c11-8-3-4-9-7(5-12-13-9)10(8)6-1-2-6/h3-6H,1-2,11H2,(H,12,13). The second kappa shape index (κ2) is 2.25. The van der Waals surface area contributed by atoms with E-state index in [0.29, 0.717) is 5.92 Å². The van der Waals surface area contributed by atoms with Crippen molar-refractivity contribution in [2.24, 2.45) is 0 Å². The number of H-pyrrole nitrogens is 1. The molecule has 0 aliphatic heterocycles. The summed E-state index contributed by atoms with van der Waals surface area (Å²) in [7, 11) is 0. The lowest BCUT2D eigenvalue weighted by molar-refractivity contribution is 1.12. The van der Waals surface area contributed by atoms with Crippen LogP contribution in [0.5, 0.6) is 0 Å². The van der Waals surface area contributed by atoms with Gasteiger partial charge in [-0.25, -0.2) is 0 Å². The molecule has 0 amide bonds. The van der Waals surface area contributed by atoms with Crippen molar-refractivity contribution in [1.82, 2.24) is 10.2 Å². The number of aromatic amines is 1. The van der Waals surface area contributed by atoms with Crippen molar-refractivity contribution in [3.05, 3.63) is 23.9 Å². The molecule has 0 atom stereocenters. The van der Waals surface area contributed by atoms with Gasteiger partial charge < -0.3 is 5.73 Å². The van der Waals surface area contributed by atoms with E-state index in [1.54, 1.807) is 0 Å². The second-order valence-electron chi connectivity index (χ2n) is 3.67.